The molecule has 2 unspecified atom stereocenters. The molecular weight excluding hydrogens is 360 g/mol. The average molecular weight is 392 g/mol. The summed E-state index contributed by atoms with van der Waals surface area (Å²) in [6, 6.07) is 3.81. The molecule has 28 heavy (non-hydrogen) atoms. The molecule has 1 aliphatic rings. The van der Waals surface area contributed by atoms with Crippen molar-refractivity contribution in [2.45, 2.75) is 77.5 Å². The van der Waals surface area contributed by atoms with Gasteiger partial charge in [-0.2, -0.15) is 0 Å². The Morgan fingerprint density at radius 3 is 2.64 bits per heavy atom. The van der Waals surface area contributed by atoms with Crippen molar-refractivity contribution in [3.63, 3.8) is 0 Å². The van der Waals surface area contributed by atoms with Gasteiger partial charge >= 0.3 is 5.97 Å². The van der Waals surface area contributed by atoms with E-state index in [1.54, 1.807) is 12.2 Å². The van der Waals surface area contributed by atoms with Gasteiger partial charge in [0.15, 0.2) is 5.79 Å². The SMILES string of the molecule is Cc1cc(C)c(C(=O)O)c(CCC[C@@H]2OC(C)(C)OC2C(O)/C=C\CCO)c1. The van der Waals surface area contributed by atoms with Gasteiger partial charge < -0.3 is 24.8 Å². The number of aliphatic hydroxyl groups excluding tert-OH is 2. The Labute approximate surface area is 166 Å². The first kappa shape index (κ1) is 22.6. The number of aliphatic hydroxyl groups is 2. The van der Waals surface area contributed by atoms with E-state index >= 15 is 0 Å². The van der Waals surface area contributed by atoms with Crippen LogP contribution in [0.25, 0.3) is 0 Å². The molecule has 1 saturated heterocycles. The van der Waals surface area contributed by atoms with Crippen LogP contribution >= 0.6 is 0 Å². The summed E-state index contributed by atoms with van der Waals surface area (Å²) in [4.78, 5) is 11.6. The van der Waals surface area contributed by atoms with Crippen LogP contribution in [-0.4, -0.2) is 52.0 Å². The lowest BCUT2D eigenvalue weighted by molar-refractivity contribution is -0.152. The lowest BCUT2D eigenvalue weighted by Gasteiger charge is -2.20. The number of hydrogen-bond acceptors (Lipinski definition) is 5. The highest BCUT2D eigenvalue weighted by Gasteiger charge is 2.43. The zero-order chi connectivity index (χ0) is 20.9. The average Bonchev–Trinajstić information content (AvgIpc) is 2.89. The smallest absolute Gasteiger partial charge is 0.336 e. The molecule has 3 atom stereocenters. The molecule has 1 aromatic rings. The van der Waals surface area contributed by atoms with Crippen LogP contribution in [0, 0.1) is 13.8 Å². The molecule has 6 heteroatoms. The van der Waals surface area contributed by atoms with Crippen LogP contribution in [-0.2, 0) is 15.9 Å². The van der Waals surface area contributed by atoms with Crippen LogP contribution in [0.1, 0.15) is 60.2 Å². The zero-order valence-electron chi connectivity index (χ0n) is 17.1. The van der Waals surface area contributed by atoms with Crippen LogP contribution in [0.3, 0.4) is 0 Å². The second-order valence-corrected chi connectivity index (χ2v) is 7.88. The molecule has 1 aliphatic heterocycles. The molecule has 0 aromatic heterocycles. The molecule has 0 spiro atoms. The van der Waals surface area contributed by atoms with E-state index in [1.165, 1.54) is 0 Å². The van der Waals surface area contributed by atoms with E-state index in [0.717, 1.165) is 23.1 Å². The van der Waals surface area contributed by atoms with Gasteiger partial charge in [-0.05, 0) is 64.5 Å². The summed E-state index contributed by atoms with van der Waals surface area (Å²) in [7, 11) is 0. The maximum atomic E-state index is 11.6. The molecule has 6 nitrogen and oxygen atoms in total. The highest BCUT2D eigenvalue weighted by molar-refractivity contribution is 5.91. The molecule has 3 N–H and O–H groups in total. The van der Waals surface area contributed by atoms with Gasteiger partial charge in [0.1, 0.15) is 12.2 Å². The number of carbonyl (C=O) groups is 1. The Balaban J connectivity index is 2.05. The van der Waals surface area contributed by atoms with Crippen LogP contribution < -0.4 is 0 Å². The fourth-order valence-electron chi connectivity index (χ4n) is 3.85. The van der Waals surface area contributed by atoms with E-state index in [-0.39, 0.29) is 12.7 Å². The Morgan fingerprint density at radius 1 is 1.29 bits per heavy atom. The van der Waals surface area contributed by atoms with E-state index in [2.05, 4.69) is 0 Å². The second-order valence-electron chi connectivity index (χ2n) is 7.88. The zero-order valence-corrected chi connectivity index (χ0v) is 17.1. The number of aromatic carboxylic acids is 1. The largest absolute Gasteiger partial charge is 0.478 e. The van der Waals surface area contributed by atoms with Crippen LogP contribution in [0.5, 0.6) is 0 Å². The van der Waals surface area contributed by atoms with Gasteiger partial charge in [-0.1, -0.05) is 29.8 Å². The summed E-state index contributed by atoms with van der Waals surface area (Å²) >= 11 is 0. The van der Waals surface area contributed by atoms with Gasteiger partial charge in [0.05, 0.1) is 11.7 Å². The lowest BCUT2D eigenvalue weighted by atomic mass is 9.94. The normalized spacial score (nSPS) is 22.6. The summed E-state index contributed by atoms with van der Waals surface area (Å²) in [5.74, 6) is -1.69. The summed E-state index contributed by atoms with van der Waals surface area (Å²) < 4.78 is 11.8. The van der Waals surface area contributed by atoms with Crippen LogP contribution in [0.4, 0.5) is 0 Å². The maximum Gasteiger partial charge on any atom is 0.336 e. The van der Waals surface area contributed by atoms with Crippen molar-refractivity contribution in [3.05, 3.63) is 46.5 Å². The van der Waals surface area contributed by atoms with Crippen LogP contribution in [0.2, 0.25) is 0 Å². The van der Waals surface area contributed by atoms with Crippen molar-refractivity contribution in [1.29, 1.82) is 0 Å². The Morgan fingerprint density at radius 2 is 2.00 bits per heavy atom. The minimum absolute atomic E-state index is 0.0297. The number of carboxylic acids is 1. The minimum atomic E-state index is -0.906. The molecule has 1 heterocycles. The predicted octanol–water partition coefficient (Wildman–Crippen LogP) is 3.14. The van der Waals surface area contributed by atoms with Crippen molar-refractivity contribution in [2.24, 2.45) is 0 Å². The van der Waals surface area contributed by atoms with E-state index in [0.29, 0.717) is 24.8 Å². The van der Waals surface area contributed by atoms with E-state index in [9.17, 15) is 15.0 Å². The maximum absolute atomic E-state index is 11.6. The highest BCUT2D eigenvalue weighted by Crippen LogP contribution is 2.33. The number of hydrogen-bond donors (Lipinski definition) is 3. The fourth-order valence-corrected chi connectivity index (χ4v) is 3.85. The Bertz CT molecular complexity index is 709. The third-order valence-electron chi connectivity index (χ3n) is 4.90. The molecule has 0 amide bonds. The van der Waals surface area contributed by atoms with Gasteiger partial charge in [0, 0.05) is 6.61 Å². The lowest BCUT2D eigenvalue weighted by Crippen LogP contribution is -2.34. The summed E-state index contributed by atoms with van der Waals surface area (Å²) in [6.45, 7) is 7.44. The third kappa shape index (κ3) is 5.88. The van der Waals surface area contributed by atoms with Gasteiger partial charge in [0.2, 0.25) is 0 Å². The van der Waals surface area contributed by atoms with E-state index < -0.39 is 24.0 Å². The number of benzene rings is 1. The quantitative estimate of drug-likeness (QED) is 0.559. The standard InChI is InChI=1S/C22H32O6/c1-14-12-15(2)19(21(25)26)16(13-14)8-7-10-18-20(28-22(3,4)27-18)17(24)9-5-6-11-23/h5,9,12-13,17-18,20,23-24H,6-8,10-11H2,1-4H3,(H,25,26)/b9-5-/t17?,18-,20?/m0/s1. The van der Waals surface area contributed by atoms with Crippen molar-refractivity contribution in [2.75, 3.05) is 6.61 Å². The predicted molar refractivity (Wildman–Crippen MR) is 106 cm³/mol. The third-order valence-corrected chi connectivity index (χ3v) is 4.90. The summed E-state index contributed by atoms with van der Waals surface area (Å²) in [5.41, 5.74) is 3.01. The molecule has 1 aromatic carbocycles. The molecule has 156 valence electrons. The topological polar surface area (TPSA) is 96.2 Å². The van der Waals surface area contributed by atoms with Crippen molar-refractivity contribution in [1.82, 2.24) is 0 Å². The number of ether oxygens (including phenoxy) is 2. The van der Waals surface area contributed by atoms with Gasteiger partial charge in [0.25, 0.3) is 0 Å². The molecule has 2 rings (SSSR count). The number of carboxylic acid groups (broad SMARTS) is 1. The number of aryl methyl sites for hydroxylation is 3. The minimum Gasteiger partial charge on any atom is -0.478 e. The molecule has 0 bridgehead atoms. The molecular formula is C22H32O6. The van der Waals surface area contributed by atoms with Gasteiger partial charge in [-0.25, -0.2) is 4.79 Å². The number of rotatable bonds is 9. The molecule has 1 fully saturated rings. The monoisotopic (exact) mass is 392 g/mol. The van der Waals surface area contributed by atoms with Gasteiger partial charge in [-0.3, -0.25) is 0 Å². The first-order valence-electron chi connectivity index (χ1n) is 9.79. The summed E-state index contributed by atoms with van der Waals surface area (Å²) in [5, 5.41) is 28.8. The van der Waals surface area contributed by atoms with Gasteiger partial charge in [-0.15, -0.1) is 0 Å². The van der Waals surface area contributed by atoms with E-state index in [1.807, 2.05) is 39.8 Å². The van der Waals surface area contributed by atoms with Crippen molar-refractivity contribution >= 4 is 5.97 Å². The fraction of sp³-hybridized carbons (Fsp3) is 0.591. The van der Waals surface area contributed by atoms with Crippen LogP contribution in [0.15, 0.2) is 24.3 Å². The van der Waals surface area contributed by atoms with Crippen molar-refractivity contribution in [3.8, 4) is 0 Å². The highest BCUT2D eigenvalue weighted by atomic mass is 16.8. The molecule has 0 aliphatic carbocycles. The molecule has 0 radical (unpaired) electrons. The Kier molecular flexibility index (Phi) is 7.78. The Hall–Kier alpha value is -1.73. The molecule has 0 saturated carbocycles. The first-order valence-corrected chi connectivity index (χ1v) is 9.79. The first-order chi connectivity index (χ1) is 13.1. The summed E-state index contributed by atoms with van der Waals surface area (Å²) in [6.07, 6.45) is 4.20. The van der Waals surface area contributed by atoms with E-state index in [4.69, 9.17) is 14.6 Å². The second kappa shape index (κ2) is 9.65. The van der Waals surface area contributed by atoms with Crippen molar-refractivity contribution < 1.29 is 29.6 Å².